The molecular formula is C15H18ClFN2O. The maximum absolute atomic E-state index is 13.7. The van der Waals surface area contributed by atoms with E-state index < -0.39 is 0 Å². The SMILES string of the molecule is Cc1cc2c(cc1F)nc(CCCl)n2C1CCOC1C. The number of hydrogen-bond donors (Lipinski definition) is 0. The maximum atomic E-state index is 13.7. The third kappa shape index (κ3) is 2.21. The molecule has 3 nitrogen and oxygen atoms in total. The zero-order chi connectivity index (χ0) is 14.3. The molecule has 0 saturated carbocycles. The highest BCUT2D eigenvalue weighted by atomic mass is 35.5. The average molecular weight is 297 g/mol. The van der Waals surface area contributed by atoms with Crippen LogP contribution >= 0.6 is 11.6 Å². The Balaban J connectivity index is 2.20. The van der Waals surface area contributed by atoms with Crippen molar-refractivity contribution in [1.82, 2.24) is 9.55 Å². The highest BCUT2D eigenvalue weighted by molar-refractivity contribution is 6.17. The summed E-state index contributed by atoms with van der Waals surface area (Å²) in [5.74, 6) is 1.21. The maximum Gasteiger partial charge on any atom is 0.128 e. The topological polar surface area (TPSA) is 27.1 Å². The van der Waals surface area contributed by atoms with Gasteiger partial charge in [0, 0.05) is 25.0 Å². The molecule has 1 fully saturated rings. The predicted molar refractivity (Wildman–Crippen MR) is 77.9 cm³/mol. The van der Waals surface area contributed by atoms with E-state index in [1.807, 2.05) is 6.07 Å². The minimum absolute atomic E-state index is 0.145. The minimum Gasteiger partial charge on any atom is -0.376 e. The third-order valence-electron chi connectivity index (χ3n) is 4.03. The molecule has 0 aliphatic carbocycles. The summed E-state index contributed by atoms with van der Waals surface area (Å²) < 4.78 is 21.6. The van der Waals surface area contributed by atoms with Crippen molar-refractivity contribution in [3.05, 3.63) is 29.3 Å². The summed E-state index contributed by atoms with van der Waals surface area (Å²) in [5, 5.41) is 0. The molecule has 5 heteroatoms. The molecule has 0 spiro atoms. The summed E-state index contributed by atoms with van der Waals surface area (Å²) in [7, 11) is 0. The monoisotopic (exact) mass is 296 g/mol. The van der Waals surface area contributed by atoms with Crippen molar-refractivity contribution in [3.8, 4) is 0 Å². The molecule has 1 aliphatic heterocycles. The van der Waals surface area contributed by atoms with Gasteiger partial charge < -0.3 is 9.30 Å². The van der Waals surface area contributed by atoms with Crippen LogP contribution in [0.25, 0.3) is 11.0 Å². The summed E-state index contributed by atoms with van der Waals surface area (Å²) in [6.07, 6.45) is 1.78. The molecule has 0 bridgehead atoms. The molecule has 0 radical (unpaired) electrons. The Labute approximate surface area is 122 Å². The number of fused-ring (bicyclic) bond motifs is 1. The molecule has 1 aromatic carbocycles. The molecule has 2 aromatic rings. The van der Waals surface area contributed by atoms with Gasteiger partial charge in [0.1, 0.15) is 11.6 Å². The molecule has 3 rings (SSSR count). The van der Waals surface area contributed by atoms with Crippen LogP contribution < -0.4 is 0 Å². The van der Waals surface area contributed by atoms with E-state index in [4.69, 9.17) is 16.3 Å². The van der Waals surface area contributed by atoms with Crippen LogP contribution in [-0.2, 0) is 11.2 Å². The number of rotatable bonds is 3. The van der Waals surface area contributed by atoms with Crippen molar-refractivity contribution in [3.63, 3.8) is 0 Å². The molecule has 0 amide bonds. The average Bonchev–Trinajstić information content (AvgIpc) is 2.94. The Hall–Kier alpha value is -1.13. The molecule has 2 atom stereocenters. The van der Waals surface area contributed by atoms with E-state index in [2.05, 4.69) is 16.5 Å². The lowest BCUT2D eigenvalue weighted by Gasteiger charge is -2.19. The zero-order valence-corrected chi connectivity index (χ0v) is 12.5. The predicted octanol–water partition coefficient (Wildman–Crippen LogP) is 3.62. The quantitative estimate of drug-likeness (QED) is 0.809. The lowest BCUT2D eigenvalue weighted by Crippen LogP contribution is -2.19. The highest BCUT2D eigenvalue weighted by Gasteiger charge is 2.29. The van der Waals surface area contributed by atoms with Crippen LogP contribution in [0.4, 0.5) is 4.39 Å². The van der Waals surface area contributed by atoms with Crippen molar-refractivity contribution in [2.24, 2.45) is 0 Å². The van der Waals surface area contributed by atoms with Crippen LogP contribution in [0.5, 0.6) is 0 Å². The zero-order valence-electron chi connectivity index (χ0n) is 11.7. The van der Waals surface area contributed by atoms with Crippen LogP contribution in [0.2, 0.25) is 0 Å². The van der Waals surface area contributed by atoms with Gasteiger partial charge in [-0.05, 0) is 31.9 Å². The number of benzene rings is 1. The fourth-order valence-corrected chi connectivity index (χ4v) is 3.13. The van der Waals surface area contributed by atoms with Gasteiger partial charge in [0.05, 0.1) is 23.2 Å². The number of aromatic nitrogens is 2. The van der Waals surface area contributed by atoms with Gasteiger partial charge in [-0.3, -0.25) is 0 Å². The second-order valence-electron chi connectivity index (χ2n) is 5.36. The molecule has 0 N–H and O–H groups in total. The van der Waals surface area contributed by atoms with E-state index >= 15 is 0 Å². The van der Waals surface area contributed by atoms with E-state index in [0.29, 0.717) is 23.4 Å². The van der Waals surface area contributed by atoms with Crippen molar-refractivity contribution < 1.29 is 9.13 Å². The van der Waals surface area contributed by atoms with Gasteiger partial charge in [0.2, 0.25) is 0 Å². The van der Waals surface area contributed by atoms with E-state index in [9.17, 15) is 4.39 Å². The van der Waals surface area contributed by atoms with Gasteiger partial charge >= 0.3 is 0 Å². The van der Waals surface area contributed by atoms with Crippen molar-refractivity contribution >= 4 is 22.6 Å². The van der Waals surface area contributed by atoms with Gasteiger partial charge in [0.25, 0.3) is 0 Å². The second kappa shape index (κ2) is 5.34. The van der Waals surface area contributed by atoms with Gasteiger partial charge in [0.15, 0.2) is 0 Å². The third-order valence-corrected chi connectivity index (χ3v) is 4.22. The Morgan fingerprint density at radius 1 is 1.50 bits per heavy atom. The molecule has 2 unspecified atom stereocenters. The Morgan fingerprint density at radius 2 is 2.30 bits per heavy atom. The first-order valence-corrected chi connectivity index (χ1v) is 7.49. The molecule has 1 aliphatic rings. The summed E-state index contributed by atoms with van der Waals surface area (Å²) in [4.78, 5) is 4.57. The van der Waals surface area contributed by atoms with Gasteiger partial charge in [-0.2, -0.15) is 0 Å². The number of halogens is 2. The molecule has 20 heavy (non-hydrogen) atoms. The first-order valence-electron chi connectivity index (χ1n) is 6.96. The van der Waals surface area contributed by atoms with Gasteiger partial charge in [-0.1, -0.05) is 0 Å². The van der Waals surface area contributed by atoms with E-state index in [0.717, 1.165) is 24.4 Å². The second-order valence-corrected chi connectivity index (χ2v) is 5.74. The minimum atomic E-state index is -0.213. The number of imidazole rings is 1. The highest BCUT2D eigenvalue weighted by Crippen LogP contribution is 2.32. The Morgan fingerprint density at radius 3 is 2.95 bits per heavy atom. The molecule has 2 heterocycles. The van der Waals surface area contributed by atoms with E-state index in [1.54, 1.807) is 6.92 Å². The fraction of sp³-hybridized carbons (Fsp3) is 0.533. The first kappa shape index (κ1) is 13.8. The number of nitrogens with zero attached hydrogens (tertiary/aromatic N) is 2. The summed E-state index contributed by atoms with van der Waals surface area (Å²) >= 11 is 5.88. The van der Waals surface area contributed by atoms with Crippen LogP contribution in [0.1, 0.15) is 30.8 Å². The molecule has 1 aromatic heterocycles. The summed E-state index contributed by atoms with van der Waals surface area (Å²) in [6.45, 7) is 4.61. The number of alkyl halides is 1. The Bertz CT molecular complexity index is 640. The van der Waals surface area contributed by atoms with Crippen LogP contribution in [0.3, 0.4) is 0 Å². The Kier molecular flexibility index (Phi) is 3.69. The van der Waals surface area contributed by atoms with E-state index in [-0.39, 0.29) is 18.0 Å². The largest absolute Gasteiger partial charge is 0.376 e. The fourth-order valence-electron chi connectivity index (χ4n) is 2.96. The van der Waals surface area contributed by atoms with Crippen molar-refractivity contribution in [2.75, 3.05) is 12.5 Å². The summed E-state index contributed by atoms with van der Waals surface area (Å²) in [5.41, 5.74) is 2.32. The smallest absolute Gasteiger partial charge is 0.128 e. The van der Waals surface area contributed by atoms with Crippen molar-refractivity contribution in [2.45, 2.75) is 38.8 Å². The number of ether oxygens (including phenoxy) is 1. The van der Waals surface area contributed by atoms with Crippen LogP contribution in [-0.4, -0.2) is 28.1 Å². The van der Waals surface area contributed by atoms with Crippen molar-refractivity contribution in [1.29, 1.82) is 0 Å². The molecule has 108 valence electrons. The molecule has 1 saturated heterocycles. The standard InChI is InChI=1S/C15H18ClFN2O/c1-9-7-14-12(8-11(9)17)18-15(3-5-16)19(14)13-4-6-20-10(13)2/h7-8,10,13H,3-6H2,1-2H3. The van der Waals surface area contributed by atoms with Crippen LogP contribution in [0, 0.1) is 12.7 Å². The normalized spacial score (nSPS) is 22.8. The molecular weight excluding hydrogens is 279 g/mol. The lowest BCUT2D eigenvalue weighted by molar-refractivity contribution is 0.108. The number of hydrogen-bond acceptors (Lipinski definition) is 2. The first-order chi connectivity index (χ1) is 9.61. The number of aryl methyl sites for hydroxylation is 2. The van der Waals surface area contributed by atoms with Gasteiger partial charge in [-0.25, -0.2) is 9.37 Å². The van der Waals surface area contributed by atoms with E-state index in [1.165, 1.54) is 6.07 Å². The van der Waals surface area contributed by atoms with Gasteiger partial charge in [-0.15, -0.1) is 11.6 Å². The lowest BCUT2D eigenvalue weighted by atomic mass is 10.1. The summed E-state index contributed by atoms with van der Waals surface area (Å²) in [6, 6.07) is 3.64. The van der Waals surface area contributed by atoms with Crippen LogP contribution in [0.15, 0.2) is 12.1 Å².